The minimum Gasteiger partial charge on any atom is -0.385 e. The largest absolute Gasteiger partial charge is 0.385 e. The number of rotatable bonds is 1. The van der Waals surface area contributed by atoms with Crippen LogP contribution in [-0.4, -0.2) is 5.11 Å². The highest BCUT2D eigenvalue weighted by Gasteiger charge is 2.29. The van der Waals surface area contributed by atoms with Gasteiger partial charge in [-0.1, -0.05) is 25.7 Å². The van der Waals surface area contributed by atoms with Crippen molar-refractivity contribution >= 4 is 11.3 Å². The molecule has 0 aliphatic heterocycles. The molecule has 13 heavy (non-hydrogen) atoms. The van der Waals surface area contributed by atoms with Crippen LogP contribution in [0.4, 0.5) is 0 Å². The number of hydrogen-bond acceptors (Lipinski definition) is 2. The topological polar surface area (TPSA) is 20.2 Å². The third-order valence-electron chi connectivity index (χ3n) is 2.99. The van der Waals surface area contributed by atoms with Crippen molar-refractivity contribution in [3.63, 3.8) is 0 Å². The molecule has 1 aromatic rings. The van der Waals surface area contributed by atoms with Crippen LogP contribution < -0.4 is 0 Å². The van der Waals surface area contributed by atoms with Gasteiger partial charge >= 0.3 is 0 Å². The monoisotopic (exact) mass is 196 g/mol. The Hall–Kier alpha value is -0.340. The maximum Gasteiger partial charge on any atom is 0.0904 e. The van der Waals surface area contributed by atoms with Crippen LogP contribution in [-0.2, 0) is 5.60 Å². The van der Waals surface area contributed by atoms with Gasteiger partial charge in [0.1, 0.15) is 0 Å². The molecule has 1 aliphatic rings. The van der Waals surface area contributed by atoms with E-state index >= 15 is 0 Å². The highest BCUT2D eigenvalue weighted by Crippen LogP contribution is 2.36. The summed E-state index contributed by atoms with van der Waals surface area (Å²) >= 11 is 1.68. The molecule has 1 aromatic heterocycles. The minimum absolute atomic E-state index is 0.503. The fourth-order valence-corrected chi connectivity index (χ4v) is 2.88. The van der Waals surface area contributed by atoms with Crippen LogP contribution in [0.1, 0.15) is 44.1 Å². The molecule has 0 aromatic carbocycles. The first-order valence-corrected chi connectivity index (χ1v) is 6.01. The molecule has 0 unspecified atom stereocenters. The van der Waals surface area contributed by atoms with E-state index in [1.807, 2.05) is 0 Å². The average molecular weight is 196 g/mol. The molecular formula is C11H16OS. The molecule has 1 saturated carbocycles. The lowest BCUT2D eigenvalue weighted by Crippen LogP contribution is -2.23. The Labute approximate surface area is 83.4 Å². The summed E-state index contributed by atoms with van der Waals surface area (Å²) in [5, 5.41) is 14.6. The molecule has 0 atom stereocenters. The molecule has 0 saturated heterocycles. The Balaban J connectivity index is 2.17. The normalized spacial score (nSPS) is 22.5. The number of aliphatic hydroxyl groups is 1. The summed E-state index contributed by atoms with van der Waals surface area (Å²) in [6, 6.07) is 2.07. The zero-order chi connectivity index (χ0) is 9.15. The molecule has 0 amide bonds. The van der Waals surface area contributed by atoms with Gasteiger partial charge < -0.3 is 5.11 Å². The minimum atomic E-state index is -0.503. The lowest BCUT2D eigenvalue weighted by atomic mass is 9.89. The smallest absolute Gasteiger partial charge is 0.0904 e. The maximum absolute atomic E-state index is 10.4. The van der Waals surface area contributed by atoms with E-state index in [9.17, 15) is 5.11 Å². The van der Waals surface area contributed by atoms with Gasteiger partial charge in [0, 0.05) is 0 Å². The first-order chi connectivity index (χ1) is 6.31. The van der Waals surface area contributed by atoms with E-state index < -0.39 is 5.60 Å². The third-order valence-corrected chi connectivity index (χ3v) is 3.67. The molecule has 1 nitrogen and oxygen atoms in total. The number of hydrogen-bond donors (Lipinski definition) is 1. The van der Waals surface area contributed by atoms with Gasteiger partial charge in [0.05, 0.1) is 5.60 Å². The summed E-state index contributed by atoms with van der Waals surface area (Å²) < 4.78 is 0. The Morgan fingerprint density at radius 2 is 1.85 bits per heavy atom. The van der Waals surface area contributed by atoms with Gasteiger partial charge in [-0.2, -0.15) is 11.3 Å². The predicted octanol–water partition coefficient (Wildman–Crippen LogP) is 3.29. The van der Waals surface area contributed by atoms with Crippen molar-refractivity contribution in [2.45, 2.75) is 44.1 Å². The van der Waals surface area contributed by atoms with Crippen molar-refractivity contribution in [3.8, 4) is 0 Å². The van der Waals surface area contributed by atoms with Crippen molar-refractivity contribution in [1.29, 1.82) is 0 Å². The molecule has 0 bridgehead atoms. The first kappa shape index (κ1) is 9.22. The Kier molecular flexibility index (Phi) is 2.70. The highest BCUT2D eigenvalue weighted by molar-refractivity contribution is 7.08. The third kappa shape index (κ3) is 1.94. The second-order valence-corrected chi connectivity index (χ2v) is 4.74. The molecule has 72 valence electrons. The molecule has 2 rings (SSSR count). The molecule has 0 spiro atoms. The van der Waals surface area contributed by atoms with Gasteiger partial charge in [-0.25, -0.2) is 0 Å². The van der Waals surface area contributed by atoms with Crippen molar-refractivity contribution in [1.82, 2.24) is 0 Å². The summed E-state index contributed by atoms with van der Waals surface area (Å²) in [5.74, 6) is 0. The van der Waals surface area contributed by atoms with Gasteiger partial charge in [0.15, 0.2) is 0 Å². The van der Waals surface area contributed by atoms with Crippen LogP contribution in [0, 0.1) is 0 Å². The summed E-state index contributed by atoms with van der Waals surface area (Å²) in [4.78, 5) is 0. The Bertz CT molecular complexity index is 245. The molecule has 1 aliphatic carbocycles. The molecule has 1 fully saturated rings. The van der Waals surface area contributed by atoms with E-state index in [0.29, 0.717) is 0 Å². The Morgan fingerprint density at radius 3 is 2.38 bits per heavy atom. The molecule has 1 heterocycles. The summed E-state index contributed by atoms with van der Waals surface area (Å²) in [7, 11) is 0. The summed E-state index contributed by atoms with van der Waals surface area (Å²) in [6.45, 7) is 0. The van der Waals surface area contributed by atoms with Gasteiger partial charge in [-0.3, -0.25) is 0 Å². The Morgan fingerprint density at radius 1 is 1.15 bits per heavy atom. The predicted molar refractivity (Wildman–Crippen MR) is 55.9 cm³/mol. The van der Waals surface area contributed by atoms with Crippen LogP contribution in [0.2, 0.25) is 0 Å². The first-order valence-electron chi connectivity index (χ1n) is 5.06. The molecule has 0 radical (unpaired) electrons. The van der Waals surface area contributed by atoms with Gasteiger partial charge in [-0.15, -0.1) is 0 Å². The highest BCUT2D eigenvalue weighted by atomic mass is 32.1. The van der Waals surface area contributed by atoms with Crippen LogP contribution >= 0.6 is 11.3 Å². The zero-order valence-corrected chi connectivity index (χ0v) is 8.65. The van der Waals surface area contributed by atoms with Gasteiger partial charge in [-0.05, 0) is 35.2 Å². The van der Waals surface area contributed by atoms with Gasteiger partial charge in [0.25, 0.3) is 0 Å². The van der Waals surface area contributed by atoms with E-state index in [1.165, 1.54) is 25.7 Å². The average Bonchev–Trinajstić information content (AvgIpc) is 2.57. The van der Waals surface area contributed by atoms with E-state index in [2.05, 4.69) is 16.8 Å². The van der Waals surface area contributed by atoms with Crippen LogP contribution in [0.25, 0.3) is 0 Å². The van der Waals surface area contributed by atoms with Crippen LogP contribution in [0.3, 0.4) is 0 Å². The molecule has 2 heteroatoms. The van der Waals surface area contributed by atoms with Crippen molar-refractivity contribution in [3.05, 3.63) is 22.4 Å². The molecular weight excluding hydrogens is 180 g/mol. The maximum atomic E-state index is 10.4. The van der Waals surface area contributed by atoms with E-state index in [4.69, 9.17) is 0 Å². The van der Waals surface area contributed by atoms with Crippen LogP contribution in [0.15, 0.2) is 16.8 Å². The molecule has 1 N–H and O–H groups in total. The van der Waals surface area contributed by atoms with E-state index in [1.54, 1.807) is 11.3 Å². The lowest BCUT2D eigenvalue weighted by molar-refractivity contribution is 0.0211. The summed E-state index contributed by atoms with van der Waals surface area (Å²) in [5.41, 5.74) is 0.635. The fraction of sp³-hybridized carbons (Fsp3) is 0.636. The quantitative estimate of drug-likeness (QED) is 0.683. The van der Waals surface area contributed by atoms with Gasteiger partial charge in [0.2, 0.25) is 0 Å². The summed E-state index contributed by atoms with van der Waals surface area (Å²) in [6.07, 6.45) is 6.81. The second kappa shape index (κ2) is 3.81. The van der Waals surface area contributed by atoms with Crippen molar-refractivity contribution in [2.24, 2.45) is 0 Å². The lowest BCUT2D eigenvalue weighted by Gasteiger charge is -2.25. The SMILES string of the molecule is OC1(c2ccsc2)CCCCCC1. The number of thiophene rings is 1. The van der Waals surface area contributed by atoms with E-state index in [0.717, 1.165) is 18.4 Å². The van der Waals surface area contributed by atoms with Crippen molar-refractivity contribution in [2.75, 3.05) is 0 Å². The van der Waals surface area contributed by atoms with Crippen LogP contribution in [0.5, 0.6) is 0 Å². The standard InChI is InChI=1S/C11H16OS/c12-11(10-5-8-13-9-10)6-3-1-2-4-7-11/h5,8-9,12H,1-4,6-7H2. The van der Waals surface area contributed by atoms with E-state index in [-0.39, 0.29) is 0 Å². The van der Waals surface area contributed by atoms with Crippen molar-refractivity contribution < 1.29 is 5.11 Å². The second-order valence-electron chi connectivity index (χ2n) is 3.96. The fourth-order valence-electron chi connectivity index (χ4n) is 2.13. The zero-order valence-electron chi connectivity index (χ0n) is 7.83.